The second-order valence-electron chi connectivity index (χ2n) is 7.71. The largest absolute Gasteiger partial charge is 0.369 e. The number of fused-ring (bicyclic) bond motifs is 3. The first-order valence-corrected chi connectivity index (χ1v) is 10.2. The van der Waals surface area contributed by atoms with Crippen LogP contribution in [0.5, 0.6) is 0 Å². The third-order valence-electron chi connectivity index (χ3n) is 5.49. The molecule has 0 aliphatic heterocycles. The van der Waals surface area contributed by atoms with Gasteiger partial charge in [-0.05, 0) is 36.6 Å². The molecule has 0 saturated carbocycles. The number of benzene rings is 3. The van der Waals surface area contributed by atoms with Crippen molar-refractivity contribution in [3.8, 4) is 11.3 Å². The van der Waals surface area contributed by atoms with Crippen molar-refractivity contribution in [3.63, 3.8) is 0 Å². The lowest BCUT2D eigenvalue weighted by Crippen LogP contribution is -2.12. The van der Waals surface area contributed by atoms with Crippen molar-refractivity contribution in [1.29, 1.82) is 0 Å². The third-order valence-corrected chi connectivity index (χ3v) is 5.49. The summed E-state index contributed by atoms with van der Waals surface area (Å²) < 4.78 is 1.83. The molecule has 5 nitrogen and oxygen atoms in total. The van der Waals surface area contributed by atoms with Crippen molar-refractivity contribution < 1.29 is 0 Å². The molecule has 0 amide bonds. The molecule has 5 rings (SSSR count). The minimum atomic E-state index is 0.363. The van der Waals surface area contributed by atoms with Gasteiger partial charge in [0.2, 0.25) is 0 Å². The lowest BCUT2D eigenvalue weighted by molar-refractivity contribution is 0.802. The molecule has 148 valence electrons. The summed E-state index contributed by atoms with van der Waals surface area (Å²) in [6.07, 6.45) is 0. The van der Waals surface area contributed by atoms with E-state index >= 15 is 0 Å². The van der Waals surface area contributed by atoms with Crippen molar-refractivity contribution in [1.82, 2.24) is 19.8 Å². The smallest absolute Gasteiger partial charge is 0.186 e. The van der Waals surface area contributed by atoms with Gasteiger partial charge in [0.1, 0.15) is 11.5 Å². The molecule has 1 N–H and O–H groups in total. The minimum absolute atomic E-state index is 0.363. The second kappa shape index (κ2) is 7.59. The molecule has 0 spiro atoms. The fourth-order valence-corrected chi connectivity index (χ4v) is 3.83. The van der Waals surface area contributed by atoms with Crippen LogP contribution in [0.25, 0.3) is 27.8 Å². The number of anilines is 1. The molecule has 2 aromatic heterocycles. The van der Waals surface area contributed by atoms with Gasteiger partial charge in [-0.1, -0.05) is 78.4 Å². The second-order valence-corrected chi connectivity index (χ2v) is 7.71. The molecule has 1 atom stereocenters. The van der Waals surface area contributed by atoms with Crippen LogP contribution in [-0.2, 0) is 0 Å². The monoisotopic (exact) mass is 393 g/mol. The average molecular weight is 393 g/mol. The summed E-state index contributed by atoms with van der Waals surface area (Å²) in [5, 5.41) is 13.5. The molecule has 0 aliphatic rings. The zero-order chi connectivity index (χ0) is 20.5. The van der Waals surface area contributed by atoms with Crippen molar-refractivity contribution in [2.45, 2.75) is 19.8 Å². The van der Waals surface area contributed by atoms with Crippen molar-refractivity contribution >= 4 is 22.4 Å². The van der Waals surface area contributed by atoms with Gasteiger partial charge in [0.25, 0.3) is 0 Å². The fourth-order valence-electron chi connectivity index (χ4n) is 3.83. The zero-order valence-electron chi connectivity index (χ0n) is 17.1. The number of aryl methyl sites for hydroxylation is 1. The van der Waals surface area contributed by atoms with Crippen LogP contribution in [0.1, 0.15) is 24.0 Å². The van der Waals surface area contributed by atoms with Gasteiger partial charge in [0, 0.05) is 17.5 Å². The Balaban J connectivity index is 1.59. The van der Waals surface area contributed by atoms with Crippen LogP contribution in [0, 0.1) is 6.92 Å². The van der Waals surface area contributed by atoms with Crippen LogP contribution in [-0.4, -0.2) is 26.4 Å². The Kier molecular flexibility index (Phi) is 4.64. The van der Waals surface area contributed by atoms with E-state index in [9.17, 15) is 0 Å². The van der Waals surface area contributed by atoms with E-state index in [0.29, 0.717) is 5.92 Å². The van der Waals surface area contributed by atoms with Crippen molar-refractivity contribution in [3.05, 3.63) is 90.0 Å². The highest BCUT2D eigenvalue weighted by Crippen LogP contribution is 2.28. The maximum Gasteiger partial charge on any atom is 0.186 e. The molecule has 3 aromatic carbocycles. The van der Waals surface area contributed by atoms with E-state index in [1.165, 1.54) is 11.1 Å². The summed E-state index contributed by atoms with van der Waals surface area (Å²) in [5.74, 6) is 1.22. The highest BCUT2D eigenvalue weighted by atomic mass is 15.4. The van der Waals surface area contributed by atoms with Gasteiger partial charge in [0.15, 0.2) is 5.65 Å². The maximum absolute atomic E-state index is 4.96. The first-order valence-electron chi connectivity index (χ1n) is 10.2. The van der Waals surface area contributed by atoms with Gasteiger partial charge in [0.05, 0.1) is 5.52 Å². The standard InChI is InChI=1S/C25H23N5/c1-17-9-8-12-20(15-17)23-25-27-24(26-16-18(2)19-10-4-3-5-11-19)21-13-6-7-14-22(21)30(25)29-28-23/h3-15,18H,16H2,1-2H3,(H,26,27)/t18-/m0/s1. The van der Waals surface area contributed by atoms with Gasteiger partial charge >= 0.3 is 0 Å². The Labute approximate surface area is 175 Å². The van der Waals surface area contributed by atoms with Crippen LogP contribution in [0.15, 0.2) is 78.9 Å². The summed E-state index contributed by atoms with van der Waals surface area (Å²) in [4.78, 5) is 4.96. The van der Waals surface area contributed by atoms with Crippen LogP contribution in [0.4, 0.5) is 5.82 Å². The van der Waals surface area contributed by atoms with Crippen molar-refractivity contribution in [2.24, 2.45) is 0 Å². The normalized spacial score (nSPS) is 12.3. The topological polar surface area (TPSA) is 55.1 Å². The van der Waals surface area contributed by atoms with Gasteiger partial charge in [-0.3, -0.25) is 0 Å². The summed E-state index contributed by atoms with van der Waals surface area (Å²) in [5.41, 5.74) is 6.06. The van der Waals surface area contributed by atoms with Crippen LogP contribution in [0.2, 0.25) is 0 Å². The van der Waals surface area contributed by atoms with Gasteiger partial charge in [-0.2, -0.15) is 4.52 Å². The first kappa shape index (κ1) is 18.3. The van der Waals surface area contributed by atoms with E-state index < -0.39 is 0 Å². The quantitative estimate of drug-likeness (QED) is 0.430. The molecular formula is C25H23N5. The Morgan fingerprint density at radius 2 is 1.73 bits per heavy atom. The van der Waals surface area contributed by atoms with Crippen LogP contribution >= 0.6 is 0 Å². The van der Waals surface area contributed by atoms with E-state index in [1.807, 2.05) is 28.8 Å². The number of hydrogen-bond donors (Lipinski definition) is 1. The summed E-state index contributed by atoms with van der Waals surface area (Å²) >= 11 is 0. The van der Waals surface area contributed by atoms with E-state index in [2.05, 4.69) is 84.1 Å². The van der Waals surface area contributed by atoms with E-state index in [-0.39, 0.29) is 0 Å². The minimum Gasteiger partial charge on any atom is -0.369 e. The lowest BCUT2D eigenvalue weighted by atomic mass is 10.0. The molecule has 0 bridgehead atoms. The molecule has 0 fully saturated rings. The van der Waals surface area contributed by atoms with Crippen LogP contribution < -0.4 is 5.32 Å². The lowest BCUT2D eigenvalue weighted by Gasteiger charge is -2.15. The highest BCUT2D eigenvalue weighted by molar-refractivity contribution is 5.93. The Bertz CT molecular complexity index is 1320. The predicted molar refractivity (Wildman–Crippen MR) is 122 cm³/mol. The van der Waals surface area contributed by atoms with Crippen molar-refractivity contribution in [2.75, 3.05) is 11.9 Å². The molecule has 5 heteroatoms. The van der Waals surface area contributed by atoms with E-state index in [4.69, 9.17) is 4.98 Å². The number of aromatic nitrogens is 4. The van der Waals surface area contributed by atoms with Gasteiger partial charge < -0.3 is 5.32 Å². The number of hydrogen-bond acceptors (Lipinski definition) is 4. The molecule has 5 aromatic rings. The van der Waals surface area contributed by atoms with E-state index in [0.717, 1.165) is 40.2 Å². The maximum atomic E-state index is 4.96. The third kappa shape index (κ3) is 3.28. The molecule has 2 heterocycles. The Hall–Kier alpha value is -3.73. The average Bonchev–Trinajstić information content (AvgIpc) is 3.22. The molecule has 30 heavy (non-hydrogen) atoms. The Morgan fingerprint density at radius 3 is 2.57 bits per heavy atom. The number of para-hydroxylation sites is 1. The summed E-state index contributed by atoms with van der Waals surface area (Å²) in [7, 11) is 0. The number of nitrogens with one attached hydrogen (secondary N) is 1. The zero-order valence-corrected chi connectivity index (χ0v) is 17.1. The van der Waals surface area contributed by atoms with Gasteiger partial charge in [-0.25, -0.2) is 4.98 Å². The summed E-state index contributed by atoms with van der Waals surface area (Å²) in [6, 6.07) is 27.0. The van der Waals surface area contributed by atoms with Gasteiger partial charge in [-0.15, -0.1) is 5.10 Å². The summed E-state index contributed by atoms with van der Waals surface area (Å²) in [6.45, 7) is 5.09. The van der Waals surface area contributed by atoms with E-state index in [1.54, 1.807) is 0 Å². The number of nitrogens with zero attached hydrogens (tertiary/aromatic N) is 4. The number of rotatable bonds is 5. The molecular weight excluding hydrogens is 370 g/mol. The molecule has 0 radical (unpaired) electrons. The molecule has 0 unspecified atom stereocenters. The van der Waals surface area contributed by atoms with Crippen LogP contribution in [0.3, 0.4) is 0 Å². The molecule has 0 saturated heterocycles. The molecule has 0 aliphatic carbocycles. The fraction of sp³-hybridized carbons (Fsp3) is 0.160. The Morgan fingerprint density at radius 1 is 0.933 bits per heavy atom. The highest BCUT2D eigenvalue weighted by Gasteiger charge is 2.16. The predicted octanol–water partition coefficient (Wildman–Crippen LogP) is 5.47. The first-order chi connectivity index (χ1) is 14.7. The SMILES string of the molecule is Cc1cccc(-c2nnn3c2nc(NC[C@H](C)c2ccccc2)c2ccccc23)c1.